The fraction of sp³-hybridized carbons (Fsp3) is 0.409. The van der Waals surface area contributed by atoms with Crippen LogP contribution in [0.15, 0.2) is 47.4 Å². The molecule has 0 bridgehead atoms. The van der Waals surface area contributed by atoms with Crippen LogP contribution in [0.1, 0.15) is 28.8 Å². The highest BCUT2D eigenvalue weighted by Crippen LogP contribution is 2.27. The molecule has 1 amide bonds. The van der Waals surface area contributed by atoms with E-state index < -0.39 is 15.8 Å². The normalized spacial score (nSPS) is 20.1. The summed E-state index contributed by atoms with van der Waals surface area (Å²) >= 11 is 0. The summed E-state index contributed by atoms with van der Waals surface area (Å²) in [4.78, 5) is 15.0. The molecule has 0 radical (unpaired) electrons. The lowest BCUT2D eigenvalue weighted by Crippen LogP contribution is -2.44. The summed E-state index contributed by atoms with van der Waals surface area (Å²) in [6, 6.07) is 9.51. The lowest BCUT2D eigenvalue weighted by atomic mass is 9.96. The summed E-state index contributed by atoms with van der Waals surface area (Å²) in [5.41, 5.74) is 1.28. The first-order chi connectivity index (χ1) is 14.8. The van der Waals surface area contributed by atoms with Crippen LogP contribution >= 0.6 is 0 Å². The maximum absolute atomic E-state index is 13.2. The van der Waals surface area contributed by atoms with E-state index in [1.54, 1.807) is 17.9 Å². The molecule has 1 unspecified atom stereocenters. The van der Waals surface area contributed by atoms with Gasteiger partial charge in [-0.1, -0.05) is 6.07 Å². The number of benzene rings is 2. The predicted molar refractivity (Wildman–Crippen MR) is 113 cm³/mol. The van der Waals surface area contributed by atoms with Gasteiger partial charge in [-0.25, -0.2) is 12.8 Å². The Morgan fingerprint density at radius 1 is 1.13 bits per heavy atom. The average Bonchev–Trinajstić information content (AvgIpc) is 3.30. The number of sulfonamides is 1. The van der Waals surface area contributed by atoms with Crippen molar-refractivity contribution < 1.29 is 27.1 Å². The van der Waals surface area contributed by atoms with Crippen molar-refractivity contribution in [3.8, 4) is 0 Å². The number of halogens is 1. The molecule has 1 N–H and O–H groups in total. The zero-order chi connectivity index (χ0) is 22.0. The van der Waals surface area contributed by atoms with Gasteiger partial charge in [0.1, 0.15) is 5.82 Å². The number of nitrogens with zero attached hydrogens (tertiary/aromatic N) is 1. The van der Waals surface area contributed by atoms with Gasteiger partial charge in [0.2, 0.25) is 0 Å². The third-order valence-electron chi connectivity index (χ3n) is 5.62. The predicted octanol–water partition coefficient (Wildman–Crippen LogP) is 3.16. The fourth-order valence-electron chi connectivity index (χ4n) is 3.97. The number of nitrogens with one attached hydrogen (secondary N) is 1. The van der Waals surface area contributed by atoms with E-state index in [2.05, 4.69) is 4.72 Å². The molecule has 2 aliphatic rings. The van der Waals surface area contributed by atoms with E-state index >= 15 is 0 Å². The highest BCUT2D eigenvalue weighted by atomic mass is 32.2. The zero-order valence-corrected chi connectivity index (χ0v) is 18.0. The number of likely N-dealkylation sites (tertiary alicyclic amines) is 1. The van der Waals surface area contributed by atoms with E-state index in [1.807, 2.05) is 0 Å². The van der Waals surface area contributed by atoms with Crippen LogP contribution in [0.3, 0.4) is 0 Å². The van der Waals surface area contributed by atoms with Crippen LogP contribution in [0.2, 0.25) is 0 Å². The Bertz CT molecular complexity index is 1050. The minimum Gasteiger partial charge on any atom is -0.350 e. The summed E-state index contributed by atoms with van der Waals surface area (Å²) in [7, 11) is -3.94. The molecule has 166 valence electrons. The SMILES string of the molecule is Cc1ccc(S(=O)(=O)Nc2ccc(F)cc2)cc1C(=O)N1CCCC(C2OCCO2)C1. The molecule has 2 aliphatic heterocycles. The minimum atomic E-state index is -3.94. The van der Waals surface area contributed by atoms with Crippen LogP contribution < -0.4 is 4.72 Å². The van der Waals surface area contributed by atoms with Gasteiger partial charge in [0.25, 0.3) is 15.9 Å². The number of hydrogen-bond donors (Lipinski definition) is 1. The first kappa shape index (κ1) is 21.7. The van der Waals surface area contributed by atoms with Crippen LogP contribution in [0.25, 0.3) is 0 Å². The van der Waals surface area contributed by atoms with E-state index in [0.29, 0.717) is 37.4 Å². The molecule has 4 rings (SSSR count). The van der Waals surface area contributed by atoms with Crippen LogP contribution in [0, 0.1) is 18.7 Å². The fourth-order valence-corrected chi connectivity index (χ4v) is 5.05. The minimum absolute atomic E-state index is 0.0261. The van der Waals surface area contributed by atoms with Gasteiger partial charge in [0, 0.05) is 30.3 Å². The molecule has 2 fully saturated rings. The van der Waals surface area contributed by atoms with Gasteiger partial charge < -0.3 is 14.4 Å². The Labute approximate surface area is 181 Å². The van der Waals surface area contributed by atoms with Gasteiger partial charge in [0.05, 0.1) is 18.1 Å². The molecule has 7 nitrogen and oxygen atoms in total. The molecule has 1 atom stereocenters. The largest absolute Gasteiger partial charge is 0.350 e. The molecule has 31 heavy (non-hydrogen) atoms. The molecular weight excluding hydrogens is 423 g/mol. The van der Waals surface area contributed by atoms with Crippen molar-refractivity contribution in [2.75, 3.05) is 31.0 Å². The second-order valence-corrected chi connectivity index (χ2v) is 9.53. The lowest BCUT2D eigenvalue weighted by molar-refractivity contribution is -0.0969. The number of carbonyl (C=O) groups excluding carboxylic acids is 1. The van der Waals surface area contributed by atoms with E-state index in [0.717, 1.165) is 12.8 Å². The summed E-state index contributed by atoms with van der Waals surface area (Å²) in [5.74, 6) is -0.564. The molecule has 2 heterocycles. The van der Waals surface area contributed by atoms with Gasteiger partial charge in [0.15, 0.2) is 6.29 Å². The maximum Gasteiger partial charge on any atom is 0.261 e. The monoisotopic (exact) mass is 448 g/mol. The molecule has 2 aromatic rings. The molecule has 0 aromatic heterocycles. The van der Waals surface area contributed by atoms with Crippen LogP contribution in [0.5, 0.6) is 0 Å². The van der Waals surface area contributed by atoms with Gasteiger partial charge in [-0.05, 0) is 61.7 Å². The van der Waals surface area contributed by atoms with Gasteiger partial charge in [-0.2, -0.15) is 0 Å². The number of amides is 1. The highest BCUT2D eigenvalue weighted by Gasteiger charge is 2.33. The van der Waals surface area contributed by atoms with E-state index in [-0.39, 0.29) is 28.7 Å². The third-order valence-corrected chi connectivity index (χ3v) is 7.00. The van der Waals surface area contributed by atoms with Crippen LogP contribution in [-0.4, -0.2) is 51.8 Å². The molecule has 2 aromatic carbocycles. The second-order valence-electron chi connectivity index (χ2n) is 7.85. The lowest BCUT2D eigenvalue weighted by Gasteiger charge is -2.35. The van der Waals surface area contributed by atoms with Crippen molar-refractivity contribution in [2.24, 2.45) is 5.92 Å². The molecule has 9 heteroatoms. The first-order valence-electron chi connectivity index (χ1n) is 10.2. The highest BCUT2D eigenvalue weighted by molar-refractivity contribution is 7.92. The summed E-state index contributed by atoms with van der Waals surface area (Å²) in [5, 5.41) is 0. The average molecular weight is 449 g/mol. The number of aryl methyl sites for hydroxylation is 1. The number of piperidine rings is 1. The van der Waals surface area contributed by atoms with Gasteiger partial charge >= 0.3 is 0 Å². The number of ether oxygens (including phenoxy) is 2. The smallest absolute Gasteiger partial charge is 0.261 e. The molecule has 0 saturated carbocycles. The molecule has 2 saturated heterocycles. The summed E-state index contributed by atoms with van der Waals surface area (Å²) in [6.45, 7) is 4.02. The van der Waals surface area contributed by atoms with E-state index in [4.69, 9.17) is 9.47 Å². The summed E-state index contributed by atoms with van der Waals surface area (Å²) < 4.78 is 52.4. The Morgan fingerprint density at radius 3 is 2.55 bits per heavy atom. The number of rotatable bonds is 5. The zero-order valence-electron chi connectivity index (χ0n) is 17.2. The molecule has 0 spiro atoms. The Balaban J connectivity index is 1.54. The van der Waals surface area contributed by atoms with Crippen molar-refractivity contribution in [3.05, 3.63) is 59.4 Å². The Kier molecular flexibility index (Phi) is 6.27. The van der Waals surface area contributed by atoms with Crippen molar-refractivity contribution in [3.63, 3.8) is 0 Å². The van der Waals surface area contributed by atoms with Crippen LogP contribution in [-0.2, 0) is 19.5 Å². The first-order valence-corrected chi connectivity index (χ1v) is 11.7. The van der Waals surface area contributed by atoms with E-state index in [9.17, 15) is 17.6 Å². The van der Waals surface area contributed by atoms with Gasteiger partial charge in [-0.15, -0.1) is 0 Å². The quantitative estimate of drug-likeness (QED) is 0.760. The van der Waals surface area contributed by atoms with Crippen molar-refractivity contribution in [1.29, 1.82) is 0 Å². The standard InChI is InChI=1S/C22H25FN2O5S/c1-15-4-9-19(31(27,28)24-18-7-5-17(23)6-8-18)13-20(15)21(26)25-10-2-3-16(14-25)22-29-11-12-30-22/h4-9,13,16,22,24H,2-3,10-12,14H2,1H3. The molecular formula is C22H25FN2O5S. The topological polar surface area (TPSA) is 84.9 Å². The Morgan fingerprint density at radius 2 is 1.84 bits per heavy atom. The van der Waals surface area contributed by atoms with Crippen molar-refractivity contribution in [2.45, 2.75) is 31.0 Å². The van der Waals surface area contributed by atoms with Crippen molar-refractivity contribution >= 4 is 21.6 Å². The third kappa shape index (κ3) is 4.89. The molecule has 0 aliphatic carbocycles. The summed E-state index contributed by atoms with van der Waals surface area (Å²) in [6.07, 6.45) is 1.47. The number of anilines is 1. The van der Waals surface area contributed by atoms with Gasteiger partial charge in [-0.3, -0.25) is 9.52 Å². The Hall–Kier alpha value is -2.49. The number of carbonyl (C=O) groups is 1. The number of hydrogen-bond acceptors (Lipinski definition) is 5. The van der Waals surface area contributed by atoms with E-state index in [1.165, 1.54) is 36.4 Å². The second kappa shape index (κ2) is 8.94. The van der Waals surface area contributed by atoms with Crippen LogP contribution in [0.4, 0.5) is 10.1 Å². The maximum atomic E-state index is 13.2. The van der Waals surface area contributed by atoms with Crippen molar-refractivity contribution in [1.82, 2.24) is 4.90 Å².